The summed E-state index contributed by atoms with van der Waals surface area (Å²) in [5, 5.41) is 18.6. The fourth-order valence-electron chi connectivity index (χ4n) is 2.68. The molecular weight excluding hydrogens is 292 g/mol. The zero-order valence-corrected chi connectivity index (χ0v) is 12.3. The number of aliphatic hydroxyl groups excluding tert-OH is 1. The van der Waals surface area contributed by atoms with Crippen molar-refractivity contribution in [3.8, 4) is 0 Å². The molecule has 0 spiro atoms. The Balaban J connectivity index is 1.68. The maximum absolute atomic E-state index is 12.2. The molecule has 0 bridgehead atoms. The molecule has 0 amide bonds. The van der Waals surface area contributed by atoms with Gasteiger partial charge in [-0.2, -0.15) is 5.10 Å². The van der Waals surface area contributed by atoms with E-state index < -0.39 is 6.10 Å². The average Bonchev–Trinajstić information content (AvgIpc) is 2.83. The molecule has 2 aromatic rings. The molecule has 7 heteroatoms. The summed E-state index contributed by atoms with van der Waals surface area (Å²) >= 11 is 5.88. The van der Waals surface area contributed by atoms with Crippen LogP contribution in [0, 0.1) is 0 Å². The van der Waals surface area contributed by atoms with Gasteiger partial charge < -0.3 is 10.4 Å². The van der Waals surface area contributed by atoms with Crippen LogP contribution in [0.4, 0.5) is 0 Å². The number of carbonyl (C=O) groups is 1. The maximum Gasteiger partial charge on any atom is 0.158 e. The van der Waals surface area contributed by atoms with Crippen molar-refractivity contribution in [2.75, 3.05) is 6.54 Å². The first-order valence-electron chi connectivity index (χ1n) is 7.04. The molecule has 6 nitrogen and oxygen atoms in total. The standard InChI is InChI=1S/C14H17ClN4O2/c15-10-4-9-6-18-19(14(9)17-7-10)8-11(20)5-12-13(21)2-1-3-16-12/h4,6-7,12-13,16,21H,1-3,5,8H2/t12-,13+/m1/s1. The van der Waals surface area contributed by atoms with Crippen LogP contribution in [0.25, 0.3) is 11.0 Å². The molecule has 21 heavy (non-hydrogen) atoms. The first-order valence-corrected chi connectivity index (χ1v) is 7.41. The van der Waals surface area contributed by atoms with Gasteiger partial charge in [-0.15, -0.1) is 0 Å². The van der Waals surface area contributed by atoms with Crippen LogP contribution < -0.4 is 5.32 Å². The third kappa shape index (κ3) is 3.23. The zero-order chi connectivity index (χ0) is 14.8. The molecule has 1 aliphatic heterocycles. The van der Waals surface area contributed by atoms with Crippen LogP contribution in [0.1, 0.15) is 19.3 Å². The number of nitrogens with zero attached hydrogens (tertiary/aromatic N) is 3. The maximum atomic E-state index is 12.2. The predicted octanol–water partition coefficient (Wildman–Crippen LogP) is 1.16. The van der Waals surface area contributed by atoms with Gasteiger partial charge >= 0.3 is 0 Å². The highest BCUT2D eigenvalue weighted by molar-refractivity contribution is 6.31. The number of Topliss-reactive ketones (excluding diaryl/α,β-unsaturated/α-hetero) is 1. The number of hydrogen-bond acceptors (Lipinski definition) is 5. The van der Waals surface area contributed by atoms with Crippen LogP contribution in [0.2, 0.25) is 5.02 Å². The van der Waals surface area contributed by atoms with Gasteiger partial charge in [-0.1, -0.05) is 11.6 Å². The van der Waals surface area contributed by atoms with Crippen LogP contribution in [0.5, 0.6) is 0 Å². The summed E-state index contributed by atoms with van der Waals surface area (Å²) in [5.74, 6) is 0.0233. The van der Waals surface area contributed by atoms with Crippen molar-refractivity contribution < 1.29 is 9.90 Å². The summed E-state index contributed by atoms with van der Waals surface area (Å²) in [6.07, 6.45) is 4.73. The first-order chi connectivity index (χ1) is 10.1. The first kappa shape index (κ1) is 14.4. The largest absolute Gasteiger partial charge is 0.391 e. The molecule has 2 aromatic heterocycles. The molecule has 3 heterocycles. The molecule has 1 aliphatic rings. The van der Waals surface area contributed by atoms with Crippen LogP contribution >= 0.6 is 11.6 Å². The number of aliphatic hydroxyl groups is 1. The average molecular weight is 309 g/mol. The van der Waals surface area contributed by atoms with E-state index in [-0.39, 0.29) is 18.4 Å². The SMILES string of the molecule is O=C(C[C@H]1NCCC[C@@H]1O)Cn1ncc2cc(Cl)cnc21. The molecule has 2 N–H and O–H groups in total. The van der Waals surface area contributed by atoms with Gasteiger partial charge in [0.15, 0.2) is 11.4 Å². The van der Waals surface area contributed by atoms with Crippen molar-refractivity contribution in [1.82, 2.24) is 20.1 Å². The van der Waals surface area contributed by atoms with Crippen molar-refractivity contribution in [2.24, 2.45) is 0 Å². The normalized spacial score (nSPS) is 22.6. The van der Waals surface area contributed by atoms with E-state index in [1.807, 2.05) is 0 Å². The van der Waals surface area contributed by atoms with E-state index in [1.165, 1.54) is 0 Å². The van der Waals surface area contributed by atoms with Gasteiger partial charge in [0.1, 0.15) is 6.54 Å². The second-order valence-electron chi connectivity index (χ2n) is 5.38. The van der Waals surface area contributed by atoms with E-state index in [9.17, 15) is 9.90 Å². The lowest BCUT2D eigenvalue weighted by molar-refractivity contribution is -0.121. The number of nitrogens with one attached hydrogen (secondary N) is 1. The lowest BCUT2D eigenvalue weighted by Crippen LogP contribution is -2.46. The summed E-state index contributed by atoms with van der Waals surface area (Å²) in [5.41, 5.74) is 0.643. The minimum Gasteiger partial charge on any atom is -0.391 e. The van der Waals surface area contributed by atoms with E-state index in [0.717, 1.165) is 24.8 Å². The minimum absolute atomic E-state index is 0.0233. The van der Waals surface area contributed by atoms with Crippen molar-refractivity contribution in [3.63, 3.8) is 0 Å². The molecule has 0 radical (unpaired) electrons. The predicted molar refractivity (Wildman–Crippen MR) is 79.2 cm³/mol. The smallest absolute Gasteiger partial charge is 0.158 e. The Kier molecular flexibility index (Phi) is 4.19. The summed E-state index contributed by atoms with van der Waals surface area (Å²) < 4.78 is 1.57. The Morgan fingerprint density at radius 1 is 1.52 bits per heavy atom. The molecule has 112 valence electrons. The third-order valence-corrected chi connectivity index (χ3v) is 3.97. The van der Waals surface area contributed by atoms with Crippen molar-refractivity contribution >= 4 is 28.4 Å². The number of hydrogen-bond donors (Lipinski definition) is 2. The Hall–Kier alpha value is -1.50. The van der Waals surface area contributed by atoms with Crippen molar-refractivity contribution in [1.29, 1.82) is 0 Å². The van der Waals surface area contributed by atoms with Crippen LogP contribution in [-0.2, 0) is 11.3 Å². The third-order valence-electron chi connectivity index (χ3n) is 3.76. The highest BCUT2D eigenvalue weighted by atomic mass is 35.5. The summed E-state index contributed by atoms with van der Waals surface area (Å²) in [6.45, 7) is 1.00. The molecule has 1 fully saturated rings. The number of piperidine rings is 1. The highest BCUT2D eigenvalue weighted by Crippen LogP contribution is 2.17. The second kappa shape index (κ2) is 6.09. The van der Waals surface area contributed by atoms with E-state index in [1.54, 1.807) is 23.1 Å². The molecule has 0 saturated carbocycles. The molecular formula is C14H17ClN4O2. The number of ketones is 1. The van der Waals surface area contributed by atoms with Crippen molar-refractivity contribution in [3.05, 3.63) is 23.5 Å². The Morgan fingerprint density at radius 2 is 2.38 bits per heavy atom. The van der Waals surface area contributed by atoms with Gasteiger partial charge in [0.05, 0.1) is 17.3 Å². The van der Waals surface area contributed by atoms with Crippen LogP contribution in [-0.4, -0.2) is 44.3 Å². The molecule has 3 rings (SSSR count). The van der Waals surface area contributed by atoms with Gasteiger partial charge in [-0.05, 0) is 25.5 Å². The lowest BCUT2D eigenvalue weighted by atomic mass is 9.97. The van der Waals surface area contributed by atoms with E-state index in [4.69, 9.17) is 11.6 Å². The summed E-state index contributed by atoms with van der Waals surface area (Å²) in [6, 6.07) is 1.61. The number of fused-ring (bicyclic) bond motifs is 1. The lowest BCUT2D eigenvalue weighted by Gasteiger charge is -2.28. The molecule has 0 aliphatic carbocycles. The van der Waals surface area contributed by atoms with Crippen molar-refractivity contribution in [2.45, 2.75) is 38.0 Å². The topological polar surface area (TPSA) is 80.0 Å². The molecule has 2 atom stereocenters. The highest BCUT2D eigenvalue weighted by Gasteiger charge is 2.25. The Bertz CT molecular complexity index is 657. The number of carbonyl (C=O) groups excluding carboxylic acids is 1. The van der Waals surface area contributed by atoms with E-state index in [2.05, 4.69) is 15.4 Å². The minimum atomic E-state index is -0.450. The van der Waals surface area contributed by atoms with E-state index >= 15 is 0 Å². The van der Waals surface area contributed by atoms with Crippen LogP contribution in [0.15, 0.2) is 18.5 Å². The monoisotopic (exact) mass is 308 g/mol. The van der Waals surface area contributed by atoms with Gasteiger partial charge in [0.2, 0.25) is 0 Å². The van der Waals surface area contributed by atoms with Gasteiger partial charge in [-0.3, -0.25) is 4.79 Å². The van der Waals surface area contributed by atoms with Gasteiger partial charge in [0, 0.05) is 24.0 Å². The van der Waals surface area contributed by atoms with Gasteiger partial charge in [-0.25, -0.2) is 9.67 Å². The van der Waals surface area contributed by atoms with Gasteiger partial charge in [0.25, 0.3) is 0 Å². The summed E-state index contributed by atoms with van der Waals surface area (Å²) in [7, 11) is 0. The fourth-order valence-corrected chi connectivity index (χ4v) is 2.85. The number of halogens is 1. The number of aromatic nitrogens is 3. The fraction of sp³-hybridized carbons (Fsp3) is 0.500. The second-order valence-corrected chi connectivity index (χ2v) is 5.82. The Labute approximate surface area is 127 Å². The van der Waals surface area contributed by atoms with E-state index in [0.29, 0.717) is 17.1 Å². The summed E-state index contributed by atoms with van der Waals surface area (Å²) in [4.78, 5) is 16.4. The van der Waals surface area contributed by atoms with Crippen LogP contribution in [0.3, 0.4) is 0 Å². The molecule has 0 aromatic carbocycles. The quantitative estimate of drug-likeness (QED) is 0.886. The molecule has 1 saturated heterocycles. The Morgan fingerprint density at radius 3 is 3.19 bits per heavy atom. The number of pyridine rings is 1. The molecule has 0 unspecified atom stereocenters. The number of rotatable bonds is 4. The zero-order valence-electron chi connectivity index (χ0n) is 11.5.